The zero-order chi connectivity index (χ0) is 22.3. The molecule has 1 amide bonds. The SMILES string of the molecule is CC(=O)c1ccc(NC(=O)CSc2cc(N3CCN(c4ccccc4)CC3)ncn2)cc1. The van der Waals surface area contributed by atoms with Crippen LogP contribution in [0.3, 0.4) is 0 Å². The molecule has 0 saturated carbocycles. The molecule has 1 aliphatic heterocycles. The minimum atomic E-state index is -0.123. The van der Waals surface area contributed by atoms with Gasteiger partial charge in [0.2, 0.25) is 5.91 Å². The molecule has 0 aliphatic carbocycles. The molecule has 164 valence electrons. The van der Waals surface area contributed by atoms with Gasteiger partial charge in [-0.15, -0.1) is 0 Å². The molecular formula is C24H25N5O2S. The standard InChI is InChI=1S/C24H25N5O2S/c1-18(30)19-7-9-20(10-8-19)27-23(31)16-32-24-15-22(25-17-26-24)29-13-11-28(12-14-29)21-5-3-2-4-6-21/h2-10,15,17H,11-14,16H2,1H3,(H,27,31). The van der Waals surface area contributed by atoms with E-state index in [1.165, 1.54) is 24.4 Å². The van der Waals surface area contributed by atoms with Crippen LogP contribution in [0.1, 0.15) is 17.3 Å². The normalized spacial score (nSPS) is 13.7. The quantitative estimate of drug-likeness (QED) is 0.336. The predicted molar refractivity (Wildman–Crippen MR) is 129 cm³/mol. The van der Waals surface area contributed by atoms with E-state index >= 15 is 0 Å². The highest BCUT2D eigenvalue weighted by atomic mass is 32.2. The van der Waals surface area contributed by atoms with Gasteiger partial charge in [-0.25, -0.2) is 9.97 Å². The summed E-state index contributed by atoms with van der Waals surface area (Å²) in [6, 6.07) is 19.3. The number of hydrogen-bond donors (Lipinski definition) is 1. The number of nitrogens with one attached hydrogen (secondary N) is 1. The Labute approximate surface area is 191 Å². The zero-order valence-electron chi connectivity index (χ0n) is 17.9. The number of amides is 1. The molecule has 2 heterocycles. The Kier molecular flexibility index (Phi) is 7.01. The van der Waals surface area contributed by atoms with Crippen molar-refractivity contribution in [2.45, 2.75) is 11.9 Å². The van der Waals surface area contributed by atoms with E-state index < -0.39 is 0 Å². The van der Waals surface area contributed by atoms with Crippen LogP contribution in [0, 0.1) is 0 Å². The van der Waals surface area contributed by atoms with Gasteiger partial charge in [-0.05, 0) is 43.3 Å². The summed E-state index contributed by atoms with van der Waals surface area (Å²) in [6.45, 7) is 5.14. The van der Waals surface area contributed by atoms with Crippen molar-refractivity contribution in [1.82, 2.24) is 9.97 Å². The molecule has 4 rings (SSSR count). The van der Waals surface area contributed by atoms with Crippen LogP contribution in [-0.2, 0) is 4.79 Å². The van der Waals surface area contributed by atoms with E-state index in [0.29, 0.717) is 11.3 Å². The Bertz CT molecular complexity index is 1070. The lowest BCUT2D eigenvalue weighted by atomic mass is 10.1. The van der Waals surface area contributed by atoms with Gasteiger partial charge in [0, 0.05) is 49.2 Å². The summed E-state index contributed by atoms with van der Waals surface area (Å²) < 4.78 is 0. The summed E-state index contributed by atoms with van der Waals surface area (Å²) >= 11 is 1.38. The van der Waals surface area contributed by atoms with Crippen molar-refractivity contribution in [3.8, 4) is 0 Å². The molecule has 1 aliphatic rings. The number of nitrogens with zero attached hydrogens (tertiary/aromatic N) is 4. The van der Waals surface area contributed by atoms with Crippen molar-refractivity contribution in [2.75, 3.05) is 47.0 Å². The fourth-order valence-corrected chi connectivity index (χ4v) is 4.20. The third-order valence-electron chi connectivity index (χ3n) is 5.28. The van der Waals surface area contributed by atoms with Crippen LogP contribution in [0.15, 0.2) is 72.0 Å². The summed E-state index contributed by atoms with van der Waals surface area (Å²) in [6.07, 6.45) is 1.56. The van der Waals surface area contributed by atoms with Crippen LogP contribution in [0.5, 0.6) is 0 Å². The summed E-state index contributed by atoms with van der Waals surface area (Å²) in [4.78, 5) is 37.0. The molecule has 7 nitrogen and oxygen atoms in total. The van der Waals surface area contributed by atoms with Gasteiger partial charge >= 0.3 is 0 Å². The van der Waals surface area contributed by atoms with E-state index in [0.717, 1.165) is 37.0 Å². The van der Waals surface area contributed by atoms with Crippen molar-refractivity contribution in [3.63, 3.8) is 0 Å². The molecule has 32 heavy (non-hydrogen) atoms. The average molecular weight is 448 g/mol. The van der Waals surface area contributed by atoms with Gasteiger partial charge in [-0.2, -0.15) is 0 Å². The highest BCUT2D eigenvalue weighted by Crippen LogP contribution is 2.23. The monoisotopic (exact) mass is 447 g/mol. The van der Waals surface area contributed by atoms with E-state index in [1.807, 2.05) is 12.1 Å². The second-order valence-corrected chi connectivity index (χ2v) is 8.49. The number of thioether (sulfide) groups is 1. The third kappa shape index (κ3) is 5.64. The number of ketones is 1. The maximum Gasteiger partial charge on any atom is 0.234 e. The lowest BCUT2D eigenvalue weighted by Gasteiger charge is -2.36. The molecule has 0 atom stereocenters. The summed E-state index contributed by atoms with van der Waals surface area (Å²) in [7, 11) is 0. The highest BCUT2D eigenvalue weighted by Gasteiger charge is 2.19. The molecule has 0 spiro atoms. The van der Waals surface area contributed by atoms with Crippen LogP contribution >= 0.6 is 11.8 Å². The Morgan fingerprint density at radius 2 is 1.62 bits per heavy atom. The zero-order valence-corrected chi connectivity index (χ0v) is 18.7. The minimum absolute atomic E-state index is 0.000484. The number of rotatable bonds is 7. The minimum Gasteiger partial charge on any atom is -0.368 e. The van der Waals surface area contributed by atoms with E-state index in [9.17, 15) is 9.59 Å². The largest absolute Gasteiger partial charge is 0.368 e. The molecule has 1 N–H and O–H groups in total. The first-order valence-corrected chi connectivity index (χ1v) is 11.5. The van der Waals surface area contributed by atoms with Gasteiger partial charge in [0.1, 0.15) is 17.2 Å². The smallest absolute Gasteiger partial charge is 0.234 e. The summed E-state index contributed by atoms with van der Waals surface area (Å²) in [5.74, 6) is 1.00. The van der Waals surface area contributed by atoms with E-state index in [1.54, 1.807) is 30.6 Å². The molecule has 3 aromatic rings. The molecule has 0 unspecified atom stereocenters. The molecule has 1 saturated heterocycles. The molecule has 1 aromatic heterocycles. The first-order chi connectivity index (χ1) is 15.6. The van der Waals surface area contributed by atoms with Crippen LogP contribution < -0.4 is 15.1 Å². The molecule has 2 aromatic carbocycles. The number of carbonyl (C=O) groups excluding carboxylic acids is 2. The second-order valence-electron chi connectivity index (χ2n) is 7.49. The van der Waals surface area contributed by atoms with Gasteiger partial charge in [0.15, 0.2) is 5.78 Å². The number of benzene rings is 2. The predicted octanol–water partition coefficient (Wildman–Crippen LogP) is 3.74. The Hall–Kier alpha value is -3.39. The molecular weight excluding hydrogens is 422 g/mol. The van der Waals surface area contributed by atoms with Crippen LogP contribution in [0.25, 0.3) is 0 Å². The highest BCUT2D eigenvalue weighted by molar-refractivity contribution is 7.99. The average Bonchev–Trinajstić information content (AvgIpc) is 2.84. The molecule has 0 radical (unpaired) electrons. The van der Waals surface area contributed by atoms with Crippen LogP contribution in [0.4, 0.5) is 17.2 Å². The third-order valence-corrected chi connectivity index (χ3v) is 6.20. The van der Waals surface area contributed by atoms with Crippen molar-refractivity contribution in [1.29, 1.82) is 0 Å². The van der Waals surface area contributed by atoms with Gasteiger partial charge < -0.3 is 15.1 Å². The maximum atomic E-state index is 12.3. The Balaban J connectivity index is 1.28. The van der Waals surface area contributed by atoms with Gasteiger partial charge in [0.05, 0.1) is 5.75 Å². The number of aromatic nitrogens is 2. The van der Waals surface area contributed by atoms with Crippen molar-refractivity contribution in [3.05, 3.63) is 72.6 Å². The maximum absolute atomic E-state index is 12.3. The van der Waals surface area contributed by atoms with Crippen LogP contribution in [-0.4, -0.2) is 53.6 Å². The number of hydrogen-bond acceptors (Lipinski definition) is 7. The number of piperazine rings is 1. The second kappa shape index (κ2) is 10.3. The number of carbonyl (C=O) groups is 2. The summed E-state index contributed by atoms with van der Waals surface area (Å²) in [5.41, 5.74) is 2.53. The fourth-order valence-electron chi connectivity index (χ4n) is 3.54. The van der Waals surface area contributed by atoms with E-state index in [-0.39, 0.29) is 17.4 Å². The number of para-hydroxylation sites is 1. The lowest BCUT2D eigenvalue weighted by Crippen LogP contribution is -2.46. The Morgan fingerprint density at radius 3 is 2.31 bits per heavy atom. The van der Waals surface area contributed by atoms with E-state index in [2.05, 4.69) is 49.4 Å². The Morgan fingerprint density at radius 1 is 0.938 bits per heavy atom. The number of Topliss-reactive ketones (excluding diaryl/α,β-unsaturated/α-hetero) is 1. The summed E-state index contributed by atoms with van der Waals surface area (Å²) in [5, 5.41) is 3.61. The van der Waals surface area contributed by atoms with E-state index in [4.69, 9.17) is 0 Å². The molecule has 8 heteroatoms. The van der Waals surface area contributed by atoms with Crippen LogP contribution in [0.2, 0.25) is 0 Å². The van der Waals surface area contributed by atoms with Gasteiger partial charge in [-0.1, -0.05) is 30.0 Å². The van der Waals surface area contributed by atoms with Crippen molar-refractivity contribution in [2.24, 2.45) is 0 Å². The number of anilines is 3. The topological polar surface area (TPSA) is 78.4 Å². The molecule has 1 fully saturated rings. The first-order valence-electron chi connectivity index (χ1n) is 10.5. The lowest BCUT2D eigenvalue weighted by molar-refractivity contribution is -0.113. The van der Waals surface area contributed by atoms with Crippen molar-refractivity contribution >= 4 is 40.6 Å². The van der Waals surface area contributed by atoms with Gasteiger partial charge in [-0.3, -0.25) is 9.59 Å². The fraction of sp³-hybridized carbons (Fsp3) is 0.250. The first kappa shape index (κ1) is 21.8. The molecule has 0 bridgehead atoms. The van der Waals surface area contributed by atoms with Gasteiger partial charge in [0.25, 0.3) is 0 Å². The van der Waals surface area contributed by atoms with Crippen molar-refractivity contribution < 1.29 is 9.59 Å².